The summed E-state index contributed by atoms with van der Waals surface area (Å²) in [6.07, 6.45) is 2.41. The van der Waals surface area contributed by atoms with Gasteiger partial charge in [-0.05, 0) is 25.5 Å². The molecule has 0 fully saturated rings. The fourth-order valence-corrected chi connectivity index (χ4v) is 3.38. The van der Waals surface area contributed by atoms with Gasteiger partial charge in [-0.3, -0.25) is 4.79 Å². The topological polar surface area (TPSA) is 51.2 Å². The van der Waals surface area contributed by atoms with Crippen molar-refractivity contribution in [1.82, 2.24) is 0 Å². The van der Waals surface area contributed by atoms with E-state index in [2.05, 4.69) is 0 Å². The van der Waals surface area contributed by atoms with E-state index in [0.29, 0.717) is 17.0 Å². The molecule has 5 heteroatoms. The van der Waals surface area contributed by atoms with E-state index in [1.54, 1.807) is 18.2 Å². The third-order valence-electron chi connectivity index (χ3n) is 3.05. The quantitative estimate of drug-likeness (QED) is 0.572. The second-order valence-corrected chi connectivity index (χ2v) is 7.47. The highest BCUT2D eigenvalue weighted by molar-refractivity contribution is 7.92. The standard InChI is InChI=1S/C14H19ClO3S/c1-3-4-5-9-19(17,18)11(2)14(16)12-7-6-8-13(15)10-12/h6-8,10-11H,3-5,9H2,1-2H3. The number of ketones is 1. The minimum absolute atomic E-state index is 0.0638. The van der Waals surface area contributed by atoms with Crippen molar-refractivity contribution in [3.05, 3.63) is 34.9 Å². The number of halogens is 1. The monoisotopic (exact) mass is 302 g/mol. The molecule has 3 nitrogen and oxygen atoms in total. The minimum atomic E-state index is -3.39. The van der Waals surface area contributed by atoms with E-state index < -0.39 is 15.1 Å². The lowest BCUT2D eigenvalue weighted by molar-refractivity contribution is 0.0991. The van der Waals surface area contributed by atoms with Gasteiger partial charge in [0.15, 0.2) is 15.6 Å². The molecule has 0 aliphatic rings. The summed E-state index contributed by atoms with van der Waals surface area (Å²) in [6, 6.07) is 6.39. The Kier molecular flexibility index (Phi) is 6.01. The molecular formula is C14H19ClO3S. The summed E-state index contributed by atoms with van der Waals surface area (Å²) in [7, 11) is -3.39. The third-order valence-corrected chi connectivity index (χ3v) is 5.43. The SMILES string of the molecule is CCCCCS(=O)(=O)C(C)C(=O)c1cccc(Cl)c1. The van der Waals surface area contributed by atoms with Crippen molar-refractivity contribution in [3.63, 3.8) is 0 Å². The first-order valence-corrected chi connectivity index (χ1v) is 8.49. The number of carbonyl (C=O) groups excluding carboxylic acids is 1. The van der Waals surface area contributed by atoms with E-state index in [0.717, 1.165) is 12.8 Å². The molecule has 1 unspecified atom stereocenters. The lowest BCUT2D eigenvalue weighted by Crippen LogP contribution is -2.29. The molecule has 0 saturated heterocycles. The van der Waals surface area contributed by atoms with Crippen molar-refractivity contribution in [2.75, 3.05) is 5.75 Å². The number of benzene rings is 1. The highest BCUT2D eigenvalue weighted by Crippen LogP contribution is 2.16. The normalized spacial score (nSPS) is 13.2. The summed E-state index contributed by atoms with van der Waals surface area (Å²) in [4.78, 5) is 12.1. The number of Topliss-reactive ketones (excluding diaryl/α,β-unsaturated/α-hetero) is 1. The average Bonchev–Trinajstić information content (AvgIpc) is 2.37. The molecule has 0 N–H and O–H groups in total. The molecule has 1 atom stereocenters. The Morgan fingerprint density at radius 2 is 2.00 bits per heavy atom. The fourth-order valence-electron chi connectivity index (χ4n) is 1.77. The third kappa shape index (κ3) is 4.62. The predicted octanol–water partition coefficient (Wildman–Crippen LogP) is 3.52. The zero-order valence-electron chi connectivity index (χ0n) is 11.2. The second-order valence-electron chi connectivity index (χ2n) is 4.59. The van der Waals surface area contributed by atoms with Crippen molar-refractivity contribution < 1.29 is 13.2 Å². The summed E-state index contributed by atoms with van der Waals surface area (Å²) < 4.78 is 24.1. The van der Waals surface area contributed by atoms with Crippen LogP contribution in [0.4, 0.5) is 0 Å². The van der Waals surface area contributed by atoms with Crippen molar-refractivity contribution >= 4 is 27.2 Å². The molecule has 1 aromatic carbocycles. The molecule has 0 bridgehead atoms. The van der Waals surface area contributed by atoms with Gasteiger partial charge in [-0.25, -0.2) is 8.42 Å². The van der Waals surface area contributed by atoms with Gasteiger partial charge >= 0.3 is 0 Å². The van der Waals surface area contributed by atoms with Crippen molar-refractivity contribution in [2.45, 2.75) is 38.4 Å². The van der Waals surface area contributed by atoms with Crippen LogP contribution in [0.15, 0.2) is 24.3 Å². The van der Waals surface area contributed by atoms with E-state index in [-0.39, 0.29) is 11.5 Å². The molecule has 0 heterocycles. The van der Waals surface area contributed by atoms with Gasteiger partial charge in [0.05, 0.1) is 5.75 Å². The van der Waals surface area contributed by atoms with Crippen molar-refractivity contribution in [2.24, 2.45) is 0 Å². The first-order valence-electron chi connectivity index (χ1n) is 6.40. The highest BCUT2D eigenvalue weighted by atomic mass is 35.5. The minimum Gasteiger partial charge on any atom is -0.293 e. The summed E-state index contributed by atoms with van der Waals surface area (Å²) in [5.74, 6) is -0.326. The van der Waals surface area contributed by atoms with E-state index in [9.17, 15) is 13.2 Å². The number of unbranched alkanes of at least 4 members (excludes halogenated alkanes) is 2. The van der Waals surface area contributed by atoms with Gasteiger partial charge in [-0.2, -0.15) is 0 Å². The first-order chi connectivity index (χ1) is 8.88. The second kappa shape index (κ2) is 7.06. The number of rotatable bonds is 7. The molecule has 0 aliphatic carbocycles. The summed E-state index contributed by atoms with van der Waals surface area (Å²) in [5, 5.41) is -0.579. The number of carbonyl (C=O) groups is 1. The van der Waals surface area contributed by atoms with Crippen LogP contribution in [0, 0.1) is 0 Å². The highest BCUT2D eigenvalue weighted by Gasteiger charge is 2.28. The van der Waals surface area contributed by atoms with Gasteiger partial charge in [-0.1, -0.05) is 43.5 Å². The summed E-state index contributed by atoms with van der Waals surface area (Å²) in [5.41, 5.74) is 0.346. The lowest BCUT2D eigenvalue weighted by Gasteiger charge is -2.12. The Hall–Kier alpha value is -0.870. The molecule has 0 saturated carbocycles. The predicted molar refractivity (Wildman–Crippen MR) is 78.6 cm³/mol. The van der Waals surface area contributed by atoms with Crippen LogP contribution in [-0.2, 0) is 9.84 Å². The van der Waals surface area contributed by atoms with Crippen LogP contribution in [0.5, 0.6) is 0 Å². The van der Waals surface area contributed by atoms with Gasteiger partial charge in [0.1, 0.15) is 5.25 Å². The van der Waals surface area contributed by atoms with E-state index in [1.165, 1.54) is 13.0 Å². The Morgan fingerprint density at radius 3 is 2.58 bits per heavy atom. The van der Waals surface area contributed by atoms with Crippen LogP contribution in [-0.4, -0.2) is 25.2 Å². The summed E-state index contributed by atoms with van der Waals surface area (Å²) >= 11 is 5.81. The Morgan fingerprint density at radius 1 is 1.32 bits per heavy atom. The lowest BCUT2D eigenvalue weighted by atomic mass is 10.1. The average molecular weight is 303 g/mol. The molecule has 0 amide bonds. The van der Waals surface area contributed by atoms with Gasteiger partial charge in [-0.15, -0.1) is 0 Å². The Bertz CT molecular complexity index is 537. The number of hydrogen-bond acceptors (Lipinski definition) is 3. The first kappa shape index (κ1) is 16.2. The van der Waals surface area contributed by atoms with E-state index in [1.807, 2.05) is 6.92 Å². The van der Waals surface area contributed by atoms with Gasteiger partial charge in [0, 0.05) is 10.6 Å². The molecule has 0 aromatic heterocycles. The van der Waals surface area contributed by atoms with Crippen LogP contribution in [0.2, 0.25) is 5.02 Å². The van der Waals surface area contributed by atoms with E-state index >= 15 is 0 Å². The van der Waals surface area contributed by atoms with Crippen LogP contribution in [0.1, 0.15) is 43.5 Å². The van der Waals surface area contributed by atoms with E-state index in [4.69, 9.17) is 11.6 Å². The molecule has 1 aromatic rings. The van der Waals surface area contributed by atoms with Gasteiger partial charge in [0.2, 0.25) is 0 Å². The smallest absolute Gasteiger partial charge is 0.180 e. The van der Waals surface area contributed by atoms with Crippen molar-refractivity contribution in [1.29, 1.82) is 0 Å². The Labute approximate surface area is 119 Å². The van der Waals surface area contributed by atoms with Crippen LogP contribution >= 0.6 is 11.6 Å². The molecule has 1 rings (SSSR count). The number of sulfone groups is 1. The largest absolute Gasteiger partial charge is 0.293 e. The van der Waals surface area contributed by atoms with Crippen molar-refractivity contribution in [3.8, 4) is 0 Å². The van der Waals surface area contributed by atoms with Crippen LogP contribution in [0.3, 0.4) is 0 Å². The molecule has 0 spiro atoms. The maximum Gasteiger partial charge on any atom is 0.180 e. The molecule has 106 valence electrons. The maximum atomic E-state index is 12.1. The fraction of sp³-hybridized carbons (Fsp3) is 0.500. The van der Waals surface area contributed by atoms with Crippen LogP contribution < -0.4 is 0 Å². The maximum absolute atomic E-state index is 12.1. The molecule has 19 heavy (non-hydrogen) atoms. The van der Waals surface area contributed by atoms with Gasteiger partial charge in [0.25, 0.3) is 0 Å². The Balaban J connectivity index is 2.82. The zero-order valence-corrected chi connectivity index (χ0v) is 12.8. The number of hydrogen-bond donors (Lipinski definition) is 0. The van der Waals surface area contributed by atoms with Crippen LogP contribution in [0.25, 0.3) is 0 Å². The zero-order chi connectivity index (χ0) is 14.5. The summed E-state index contributed by atoms with van der Waals surface area (Å²) in [6.45, 7) is 3.46. The molecule has 0 radical (unpaired) electrons. The van der Waals surface area contributed by atoms with Gasteiger partial charge < -0.3 is 0 Å². The molecular weight excluding hydrogens is 284 g/mol. The molecule has 0 aliphatic heterocycles.